The average molecular weight is 477 g/mol. The van der Waals surface area contributed by atoms with Gasteiger partial charge in [0.2, 0.25) is 0 Å². The van der Waals surface area contributed by atoms with E-state index in [-0.39, 0.29) is 18.0 Å². The summed E-state index contributed by atoms with van der Waals surface area (Å²) in [6.07, 6.45) is 9.21. The molecule has 1 amide bonds. The van der Waals surface area contributed by atoms with Crippen LogP contribution >= 0.6 is 0 Å². The SMILES string of the molecule is COC(=O)c1ccc(C(CC2CC2)c2c[nH]c3ccc(NC(=O)OC4CCCC4)cc23)c(OC)c1. The second kappa shape index (κ2) is 10.0. The van der Waals surface area contributed by atoms with Crippen LogP contribution in [0.3, 0.4) is 0 Å². The summed E-state index contributed by atoms with van der Waals surface area (Å²) in [5.41, 5.74) is 4.35. The zero-order valence-corrected chi connectivity index (χ0v) is 20.3. The number of carbonyl (C=O) groups is 2. The van der Waals surface area contributed by atoms with Crippen molar-refractivity contribution in [2.45, 2.75) is 57.0 Å². The largest absolute Gasteiger partial charge is 0.496 e. The van der Waals surface area contributed by atoms with Gasteiger partial charge in [0.25, 0.3) is 0 Å². The minimum absolute atomic E-state index is 0.0184. The van der Waals surface area contributed by atoms with Gasteiger partial charge in [0.15, 0.2) is 0 Å². The number of rotatable bonds is 8. The van der Waals surface area contributed by atoms with Crippen LogP contribution in [0.1, 0.15) is 72.3 Å². The molecular weight excluding hydrogens is 444 g/mol. The van der Waals surface area contributed by atoms with Crippen LogP contribution in [0.25, 0.3) is 10.9 Å². The third-order valence-electron chi connectivity index (χ3n) is 7.21. The number of aromatic nitrogens is 1. The molecule has 35 heavy (non-hydrogen) atoms. The van der Waals surface area contributed by atoms with Crippen molar-refractivity contribution in [3.8, 4) is 5.75 Å². The number of aromatic amines is 1. The second-order valence-electron chi connectivity index (χ2n) is 9.62. The first-order chi connectivity index (χ1) is 17.1. The van der Waals surface area contributed by atoms with E-state index in [4.69, 9.17) is 14.2 Å². The molecule has 7 nitrogen and oxygen atoms in total. The first-order valence-electron chi connectivity index (χ1n) is 12.4. The summed E-state index contributed by atoms with van der Waals surface area (Å²) in [6, 6.07) is 11.4. The van der Waals surface area contributed by atoms with Crippen LogP contribution in [-0.2, 0) is 9.47 Å². The molecule has 1 heterocycles. The van der Waals surface area contributed by atoms with E-state index >= 15 is 0 Å². The molecule has 0 saturated heterocycles. The Morgan fingerprint density at radius 1 is 1.03 bits per heavy atom. The summed E-state index contributed by atoms with van der Waals surface area (Å²) in [7, 11) is 3.00. The number of anilines is 1. The van der Waals surface area contributed by atoms with E-state index in [1.807, 2.05) is 30.5 Å². The van der Waals surface area contributed by atoms with Crippen molar-refractivity contribution >= 4 is 28.7 Å². The Kier molecular flexibility index (Phi) is 6.66. The standard InChI is InChI=1S/C28H32N2O5/c1-33-26-14-18(27(31)34-2)9-11-21(26)22(13-17-7-8-17)24-16-29-25-12-10-19(15-23(24)25)30-28(32)35-20-5-3-4-6-20/h9-12,14-17,20,22,29H,3-8,13H2,1-2H3,(H,30,32). The van der Waals surface area contributed by atoms with Gasteiger partial charge in [-0.15, -0.1) is 0 Å². The fourth-order valence-corrected chi connectivity index (χ4v) is 5.17. The highest BCUT2D eigenvalue weighted by atomic mass is 16.6. The first-order valence-corrected chi connectivity index (χ1v) is 12.4. The van der Waals surface area contributed by atoms with Gasteiger partial charge in [-0.1, -0.05) is 18.9 Å². The van der Waals surface area contributed by atoms with Crippen LogP contribution in [0, 0.1) is 5.92 Å². The van der Waals surface area contributed by atoms with E-state index in [0.717, 1.165) is 54.1 Å². The van der Waals surface area contributed by atoms with E-state index in [9.17, 15) is 9.59 Å². The third kappa shape index (κ3) is 5.14. The quantitative estimate of drug-likeness (QED) is 0.368. The number of carbonyl (C=O) groups excluding carboxylic acids is 2. The maximum atomic E-state index is 12.4. The number of hydrogen-bond acceptors (Lipinski definition) is 5. The van der Waals surface area contributed by atoms with Crippen LogP contribution < -0.4 is 10.1 Å². The summed E-state index contributed by atoms with van der Waals surface area (Å²) in [5, 5.41) is 3.96. The smallest absolute Gasteiger partial charge is 0.411 e. The molecule has 2 aromatic carbocycles. The molecule has 2 aliphatic rings. The summed E-state index contributed by atoms with van der Waals surface area (Å²) < 4.78 is 16.2. The second-order valence-corrected chi connectivity index (χ2v) is 9.62. The number of H-pyrrole nitrogens is 1. The lowest BCUT2D eigenvalue weighted by Gasteiger charge is -2.21. The predicted octanol–water partition coefficient (Wildman–Crippen LogP) is 6.39. The molecule has 0 radical (unpaired) electrons. The van der Waals surface area contributed by atoms with Gasteiger partial charge in [0.1, 0.15) is 11.9 Å². The number of nitrogens with one attached hydrogen (secondary N) is 2. The van der Waals surface area contributed by atoms with E-state index < -0.39 is 6.09 Å². The minimum atomic E-state index is -0.400. The highest BCUT2D eigenvalue weighted by Gasteiger charge is 2.31. The highest BCUT2D eigenvalue weighted by Crippen LogP contribution is 2.46. The molecule has 1 unspecified atom stereocenters. The van der Waals surface area contributed by atoms with Gasteiger partial charge < -0.3 is 19.2 Å². The van der Waals surface area contributed by atoms with Gasteiger partial charge in [-0.25, -0.2) is 9.59 Å². The van der Waals surface area contributed by atoms with Crippen LogP contribution in [0.2, 0.25) is 0 Å². The zero-order valence-electron chi connectivity index (χ0n) is 20.3. The fourth-order valence-electron chi connectivity index (χ4n) is 5.17. The highest BCUT2D eigenvalue weighted by molar-refractivity contribution is 5.92. The lowest BCUT2D eigenvalue weighted by molar-refractivity contribution is 0.0600. The Morgan fingerprint density at radius 2 is 1.83 bits per heavy atom. The van der Waals surface area contributed by atoms with Gasteiger partial charge in [0.05, 0.1) is 19.8 Å². The molecule has 1 aromatic heterocycles. The lowest BCUT2D eigenvalue weighted by atomic mass is 9.85. The Morgan fingerprint density at radius 3 is 2.54 bits per heavy atom. The molecule has 7 heteroatoms. The summed E-state index contributed by atoms with van der Waals surface area (Å²) >= 11 is 0. The molecule has 2 aliphatic carbocycles. The van der Waals surface area contributed by atoms with Crippen molar-refractivity contribution in [3.05, 3.63) is 59.3 Å². The fraction of sp³-hybridized carbons (Fsp3) is 0.429. The number of hydrogen-bond donors (Lipinski definition) is 2. The predicted molar refractivity (Wildman–Crippen MR) is 134 cm³/mol. The Hall–Kier alpha value is -3.48. The van der Waals surface area contributed by atoms with E-state index in [2.05, 4.69) is 10.3 Å². The zero-order chi connectivity index (χ0) is 24.4. The van der Waals surface area contributed by atoms with Crippen LogP contribution in [0.15, 0.2) is 42.6 Å². The number of benzene rings is 2. The monoisotopic (exact) mass is 476 g/mol. The Bertz CT molecular complexity index is 1220. The van der Waals surface area contributed by atoms with Gasteiger partial charge in [-0.05, 0) is 73.9 Å². The summed E-state index contributed by atoms with van der Waals surface area (Å²) in [4.78, 5) is 27.9. The number of methoxy groups -OCH3 is 2. The van der Waals surface area contributed by atoms with E-state index in [1.165, 1.54) is 20.0 Å². The van der Waals surface area contributed by atoms with E-state index in [0.29, 0.717) is 22.9 Å². The lowest BCUT2D eigenvalue weighted by Crippen LogP contribution is -2.20. The topological polar surface area (TPSA) is 89.7 Å². The Balaban J connectivity index is 1.46. The van der Waals surface area contributed by atoms with Crippen LogP contribution in [0.4, 0.5) is 10.5 Å². The Labute approximate surface area is 205 Å². The van der Waals surface area contributed by atoms with Crippen LogP contribution in [0.5, 0.6) is 5.75 Å². The molecule has 2 N–H and O–H groups in total. The molecule has 0 bridgehead atoms. The normalized spacial score (nSPS) is 16.7. The van der Waals surface area contributed by atoms with Gasteiger partial charge in [0, 0.05) is 34.3 Å². The molecule has 1 atom stereocenters. The van der Waals surface area contributed by atoms with E-state index in [1.54, 1.807) is 19.2 Å². The molecule has 5 rings (SSSR count). The van der Waals surface area contributed by atoms with Crippen molar-refractivity contribution < 1.29 is 23.8 Å². The molecule has 2 fully saturated rings. The van der Waals surface area contributed by atoms with Gasteiger partial charge in [-0.3, -0.25) is 5.32 Å². The van der Waals surface area contributed by atoms with Crippen LogP contribution in [-0.4, -0.2) is 37.4 Å². The van der Waals surface area contributed by atoms with Gasteiger partial charge >= 0.3 is 12.1 Å². The number of amides is 1. The van der Waals surface area contributed by atoms with Crippen molar-refractivity contribution in [1.29, 1.82) is 0 Å². The van der Waals surface area contributed by atoms with Gasteiger partial charge in [-0.2, -0.15) is 0 Å². The van der Waals surface area contributed by atoms with Crippen molar-refractivity contribution in [1.82, 2.24) is 4.98 Å². The molecule has 0 spiro atoms. The summed E-state index contributed by atoms with van der Waals surface area (Å²) in [6.45, 7) is 0. The first kappa shape index (κ1) is 23.3. The molecular formula is C28H32N2O5. The molecule has 0 aliphatic heterocycles. The molecule has 2 saturated carbocycles. The maximum absolute atomic E-state index is 12.4. The number of fused-ring (bicyclic) bond motifs is 1. The molecule has 184 valence electrons. The maximum Gasteiger partial charge on any atom is 0.411 e. The van der Waals surface area contributed by atoms with Crippen molar-refractivity contribution in [2.75, 3.05) is 19.5 Å². The number of esters is 1. The molecule has 3 aromatic rings. The van der Waals surface area contributed by atoms with Crippen molar-refractivity contribution in [2.24, 2.45) is 5.92 Å². The summed E-state index contributed by atoms with van der Waals surface area (Å²) in [5.74, 6) is 1.03. The third-order valence-corrected chi connectivity index (χ3v) is 7.21. The average Bonchev–Trinajstić information content (AvgIpc) is 3.37. The minimum Gasteiger partial charge on any atom is -0.496 e. The van der Waals surface area contributed by atoms with Crippen molar-refractivity contribution in [3.63, 3.8) is 0 Å². The number of ether oxygens (including phenoxy) is 3.